The number of hydrogen-bond acceptors (Lipinski definition) is 5. The summed E-state index contributed by atoms with van der Waals surface area (Å²) in [6, 6.07) is 20.5. The maximum atomic E-state index is 14.8. The van der Waals surface area contributed by atoms with Crippen LogP contribution in [-0.2, 0) is 4.74 Å². The summed E-state index contributed by atoms with van der Waals surface area (Å²) in [6.45, 7) is 5.92. The Kier molecular flexibility index (Phi) is 6.10. The van der Waals surface area contributed by atoms with Crippen LogP contribution < -0.4 is 9.64 Å². The highest BCUT2D eigenvalue weighted by molar-refractivity contribution is 6.00. The van der Waals surface area contributed by atoms with Crippen LogP contribution >= 0.6 is 0 Å². The summed E-state index contributed by atoms with van der Waals surface area (Å²) in [5.41, 5.74) is 4.99. The third-order valence-corrected chi connectivity index (χ3v) is 6.40. The van der Waals surface area contributed by atoms with Crippen molar-refractivity contribution in [2.45, 2.75) is 26.1 Å². The molecule has 2 heterocycles. The summed E-state index contributed by atoms with van der Waals surface area (Å²) < 4.78 is 26.5. The summed E-state index contributed by atoms with van der Waals surface area (Å²) >= 11 is 0. The number of nitriles is 1. The van der Waals surface area contributed by atoms with Crippen molar-refractivity contribution in [1.82, 2.24) is 4.98 Å². The van der Waals surface area contributed by atoms with Crippen molar-refractivity contribution in [3.05, 3.63) is 78.2 Å². The summed E-state index contributed by atoms with van der Waals surface area (Å²) in [7, 11) is 1.64. The molecule has 0 radical (unpaired) electrons. The molecule has 0 amide bonds. The molecule has 4 aromatic rings. The number of para-hydroxylation sites is 1. The van der Waals surface area contributed by atoms with Crippen molar-refractivity contribution in [2.75, 3.05) is 25.1 Å². The Hall–Kier alpha value is -3.95. The number of anilines is 1. The smallest absolute Gasteiger partial charge is 0.137 e. The Morgan fingerprint density at radius 1 is 1.00 bits per heavy atom. The van der Waals surface area contributed by atoms with Crippen molar-refractivity contribution in [1.29, 1.82) is 5.26 Å². The van der Waals surface area contributed by atoms with Gasteiger partial charge in [-0.2, -0.15) is 5.26 Å². The highest BCUT2D eigenvalue weighted by Crippen LogP contribution is 2.40. The Balaban J connectivity index is 1.54. The maximum Gasteiger partial charge on any atom is 0.137 e. The van der Waals surface area contributed by atoms with Gasteiger partial charge >= 0.3 is 0 Å². The molecule has 0 spiro atoms. The monoisotopic (exact) mass is 467 g/mol. The summed E-state index contributed by atoms with van der Waals surface area (Å²) in [5, 5.41) is 9.86. The Morgan fingerprint density at radius 3 is 2.40 bits per heavy atom. The van der Waals surface area contributed by atoms with Crippen LogP contribution in [0.25, 0.3) is 33.2 Å². The van der Waals surface area contributed by atoms with Gasteiger partial charge in [0.15, 0.2) is 0 Å². The van der Waals surface area contributed by atoms with Crippen molar-refractivity contribution < 1.29 is 13.9 Å². The van der Waals surface area contributed by atoms with Crippen molar-refractivity contribution in [3.63, 3.8) is 0 Å². The first-order chi connectivity index (χ1) is 17.0. The quantitative estimate of drug-likeness (QED) is 0.358. The Bertz CT molecular complexity index is 1420. The van der Waals surface area contributed by atoms with Gasteiger partial charge in [0.2, 0.25) is 0 Å². The predicted octanol–water partition coefficient (Wildman–Crippen LogP) is 6.20. The number of benzene rings is 3. The first kappa shape index (κ1) is 22.8. The largest absolute Gasteiger partial charge is 0.495 e. The number of hydrogen-bond donors (Lipinski definition) is 0. The lowest BCUT2D eigenvalue weighted by atomic mass is 9.97. The first-order valence-corrected chi connectivity index (χ1v) is 11.6. The van der Waals surface area contributed by atoms with Crippen LogP contribution in [-0.4, -0.2) is 37.4 Å². The zero-order valence-corrected chi connectivity index (χ0v) is 20.0. The van der Waals surface area contributed by atoms with E-state index in [1.807, 2.05) is 24.3 Å². The van der Waals surface area contributed by atoms with E-state index in [2.05, 4.69) is 43.0 Å². The number of halogens is 1. The van der Waals surface area contributed by atoms with Crippen LogP contribution in [0.5, 0.6) is 5.75 Å². The highest BCUT2D eigenvalue weighted by Gasteiger charge is 2.23. The molecular weight excluding hydrogens is 441 g/mol. The van der Waals surface area contributed by atoms with E-state index in [-0.39, 0.29) is 17.8 Å². The second-order valence-corrected chi connectivity index (χ2v) is 8.92. The maximum absolute atomic E-state index is 14.8. The standard InChI is InChI=1S/C29H26FN3O2/c1-18-16-33(17-19(2)35-18)22-10-8-21(9-11-22)26-15-32-28-24(5-4-6-25(28)29(26)34-3)23-12-7-20(14-31)13-27(23)30/h4-13,15,18-19H,16-17H2,1-3H3/t18-,19?/m0/s1. The number of rotatable bonds is 4. The molecule has 5 rings (SSSR count). The molecule has 1 fully saturated rings. The Morgan fingerprint density at radius 2 is 1.74 bits per heavy atom. The van der Waals surface area contributed by atoms with Gasteiger partial charge in [0, 0.05) is 47.1 Å². The number of nitrogens with zero attached hydrogens (tertiary/aromatic N) is 3. The molecular formula is C29H26FN3O2. The van der Waals surface area contributed by atoms with Gasteiger partial charge in [-0.15, -0.1) is 0 Å². The molecule has 0 N–H and O–H groups in total. The molecule has 35 heavy (non-hydrogen) atoms. The van der Waals surface area contributed by atoms with E-state index < -0.39 is 5.82 Å². The number of aromatic nitrogens is 1. The second kappa shape index (κ2) is 9.36. The lowest BCUT2D eigenvalue weighted by Crippen LogP contribution is -2.45. The van der Waals surface area contributed by atoms with Crippen LogP contribution in [0.2, 0.25) is 0 Å². The minimum atomic E-state index is -0.455. The topological polar surface area (TPSA) is 58.4 Å². The van der Waals surface area contributed by atoms with Gasteiger partial charge in [-0.05, 0) is 49.7 Å². The fourth-order valence-electron chi connectivity index (χ4n) is 4.89. The molecule has 1 aromatic heterocycles. The zero-order chi connectivity index (χ0) is 24.5. The number of ether oxygens (including phenoxy) is 2. The molecule has 6 heteroatoms. The van der Waals surface area contributed by atoms with Crippen molar-refractivity contribution in [3.8, 4) is 34.1 Å². The average Bonchev–Trinajstić information content (AvgIpc) is 2.87. The first-order valence-electron chi connectivity index (χ1n) is 11.6. The minimum absolute atomic E-state index is 0.193. The molecule has 5 nitrogen and oxygen atoms in total. The molecule has 2 atom stereocenters. The van der Waals surface area contributed by atoms with E-state index in [0.717, 1.165) is 35.3 Å². The van der Waals surface area contributed by atoms with Crippen LogP contribution in [0.3, 0.4) is 0 Å². The number of pyridine rings is 1. The fourth-order valence-corrected chi connectivity index (χ4v) is 4.89. The van der Waals surface area contributed by atoms with E-state index in [9.17, 15) is 4.39 Å². The predicted molar refractivity (Wildman–Crippen MR) is 136 cm³/mol. The molecule has 3 aromatic carbocycles. The van der Waals surface area contributed by atoms with Gasteiger partial charge in [-0.3, -0.25) is 4.98 Å². The van der Waals surface area contributed by atoms with Crippen LogP contribution in [0.15, 0.2) is 66.9 Å². The summed E-state index contributed by atoms with van der Waals surface area (Å²) in [5.74, 6) is 0.232. The van der Waals surface area contributed by atoms with Gasteiger partial charge in [-0.25, -0.2) is 4.39 Å². The lowest BCUT2D eigenvalue weighted by molar-refractivity contribution is -0.00521. The van der Waals surface area contributed by atoms with Gasteiger partial charge in [0.1, 0.15) is 11.6 Å². The van der Waals surface area contributed by atoms with Gasteiger partial charge in [0.25, 0.3) is 0 Å². The van der Waals surface area contributed by atoms with Crippen molar-refractivity contribution in [2.24, 2.45) is 0 Å². The van der Waals surface area contributed by atoms with E-state index in [1.165, 1.54) is 6.07 Å². The fraction of sp³-hybridized carbons (Fsp3) is 0.241. The van der Waals surface area contributed by atoms with E-state index in [1.54, 1.807) is 25.4 Å². The highest BCUT2D eigenvalue weighted by atomic mass is 19.1. The Labute approximate surface area is 204 Å². The van der Waals surface area contributed by atoms with Crippen LogP contribution in [0.4, 0.5) is 10.1 Å². The lowest BCUT2D eigenvalue weighted by Gasteiger charge is -2.36. The van der Waals surface area contributed by atoms with Crippen LogP contribution in [0.1, 0.15) is 19.4 Å². The molecule has 0 saturated carbocycles. The van der Waals surface area contributed by atoms with E-state index in [4.69, 9.17) is 19.7 Å². The van der Waals surface area contributed by atoms with Gasteiger partial charge in [-0.1, -0.05) is 30.3 Å². The summed E-state index contributed by atoms with van der Waals surface area (Å²) in [6.07, 6.45) is 2.16. The SMILES string of the molecule is COc1c(-c2ccc(N3CC(C)O[C@@H](C)C3)cc2)cnc2c(-c3ccc(C#N)cc3F)cccc12. The molecule has 0 bridgehead atoms. The molecule has 0 aliphatic carbocycles. The third kappa shape index (κ3) is 4.31. The van der Waals surface area contributed by atoms with Gasteiger partial charge in [0.05, 0.1) is 36.5 Å². The van der Waals surface area contributed by atoms with Crippen molar-refractivity contribution >= 4 is 16.6 Å². The number of fused-ring (bicyclic) bond motifs is 1. The zero-order valence-electron chi connectivity index (χ0n) is 20.0. The van der Waals surface area contributed by atoms with E-state index >= 15 is 0 Å². The van der Waals surface area contributed by atoms with Crippen LogP contribution in [0, 0.1) is 17.1 Å². The number of methoxy groups -OCH3 is 1. The second-order valence-electron chi connectivity index (χ2n) is 8.92. The van der Waals surface area contributed by atoms with Gasteiger partial charge < -0.3 is 14.4 Å². The molecule has 1 unspecified atom stereocenters. The molecule has 1 aliphatic rings. The average molecular weight is 468 g/mol. The minimum Gasteiger partial charge on any atom is -0.495 e. The third-order valence-electron chi connectivity index (χ3n) is 6.40. The molecule has 1 aliphatic heterocycles. The normalized spacial score (nSPS) is 17.9. The number of morpholine rings is 1. The summed E-state index contributed by atoms with van der Waals surface area (Å²) in [4.78, 5) is 7.06. The molecule has 176 valence electrons. The molecule has 1 saturated heterocycles. The van der Waals surface area contributed by atoms with E-state index in [0.29, 0.717) is 22.4 Å².